The van der Waals surface area contributed by atoms with Crippen molar-refractivity contribution in [2.45, 2.75) is 24.3 Å². The molecule has 2 aromatic carbocycles. The van der Waals surface area contributed by atoms with Crippen molar-refractivity contribution >= 4 is 29.3 Å². The second-order valence-electron chi connectivity index (χ2n) is 7.50. The zero-order valence-electron chi connectivity index (χ0n) is 17.1. The highest BCUT2D eigenvalue weighted by molar-refractivity contribution is 7.98. The Morgan fingerprint density at radius 2 is 1.72 bits per heavy atom. The first-order chi connectivity index (χ1) is 14.0. The minimum atomic E-state index is 0.00855. The van der Waals surface area contributed by atoms with Crippen LogP contribution in [0.2, 0.25) is 0 Å². The van der Waals surface area contributed by atoms with Gasteiger partial charge in [-0.2, -0.15) is 0 Å². The third-order valence-corrected chi connectivity index (χ3v) is 6.11. The lowest BCUT2D eigenvalue weighted by Crippen LogP contribution is -2.43. The maximum atomic E-state index is 12.6. The molecule has 154 valence electrons. The predicted molar refractivity (Wildman–Crippen MR) is 119 cm³/mol. The first-order valence-electron chi connectivity index (χ1n) is 10.0. The number of carbonyl (C=O) groups excluding carboxylic acids is 2. The Balaban J connectivity index is 1.42. The smallest absolute Gasteiger partial charge is 0.236 e. The maximum absolute atomic E-state index is 12.6. The number of nitrogens with zero attached hydrogens (tertiary/aromatic N) is 2. The number of thioether (sulfide) groups is 1. The van der Waals surface area contributed by atoms with Crippen molar-refractivity contribution in [2.75, 3.05) is 38.3 Å². The molecule has 1 N–H and O–H groups in total. The number of rotatable bonds is 7. The van der Waals surface area contributed by atoms with Crippen molar-refractivity contribution in [2.24, 2.45) is 5.92 Å². The molecule has 0 saturated carbocycles. The molecule has 0 aliphatic carbocycles. The Hall–Kier alpha value is -2.31. The zero-order valence-corrected chi connectivity index (χ0v) is 18.0. The molecule has 29 heavy (non-hydrogen) atoms. The van der Waals surface area contributed by atoms with E-state index in [1.54, 1.807) is 16.7 Å². The molecule has 2 amide bonds. The lowest BCUT2D eigenvalue weighted by Gasteiger charge is -2.32. The van der Waals surface area contributed by atoms with E-state index in [9.17, 15) is 9.59 Å². The maximum Gasteiger partial charge on any atom is 0.236 e. The molecule has 6 heteroatoms. The highest BCUT2D eigenvalue weighted by atomic mass is 32.2. The minimum Gasteiger partial charge on any atom is -0.340 e. The number of likely N-dealkylation sites (tertiary alicyclic amines) is 1. The van der Waals surface area contributed by atoms with Gasteiger partial charge < -0.3 is 10.2 Å². The molecule has 3 rings (SSSR count). The molecule has 0 unspecified atom stereocenters. The van der Waals surface area contributed by atoms with Crippen LogP contribution in [0.4, 0.5) is 5.69 Å². The molecule has 0 radical (unpaired) electrons. The van der Waals surface area contributed by atoms with Crippen LogP contribution in [0.1, 0.15) is 18.4 Å². The fraction of sp³-hybridized carbons (Fsp3) is 0.391. The fourth-order valence-corrected chi connectivity index (χ4v) is 3.93. The van der Waals surface area contributed by atoms with E-state index >= 15 is 0 Å². The number of likely N-dealkylation sites (N-methyl/N-ethyl adjacent to an activating group) is 1. The van der Waals surface area contributed by atoms with E-state index in [0.717, 1.165) is 37.2 Å². The molecule has 0 spiro atoms. The van der Waals surface area contributed by atoms with Gasteiger partial charge in [-0.15, -0.1) is 11.8 Å². The quantitative estimate of drug-likeness (QED) is 0.706. The Bertz CT molecular complexity index is 803. The zero-order chi connectivity index (χ0) is 20.6. The summed E-state index contributed by atoms with van der Waals surface area (Å²) in [4.78, 5) is 30.2. The van der Waals surface area contributed by atoms with Crippen LogP contribution in [0.15, 0.2) is 59.5 Å². The monoisotopic (exact) mass is 411 g/mol. The Morgan fingerprint density at radius 1 is 1.07 bits per heavy atom. The van der Waals surface area contributed by atoms with Crippen LogP contribution in [0.5, 0.6) is 0 Å². The third kappa shape index (κ3) is 6.34. The Labute approximate surface area is 177 Å². The lowest BCUT2D eigenvalue weighted by atomic mass is 9.95. The van der Waals surface area contributed by atoms with E-state index in [1.807, 2.05) is 37.4 Å². The summed E-state index contributed by atoms with van der Waals surface area (Å²) in [5.74, 6) is 0.202. The van der Waals surface area contributed by atoms with E-state index in [4.69, 9.17) is 0 Å². The summed E-state index contributed by atoms with van der Waals surface area (Å²) >= 11 is 1.71. The van der Waals surface area contributed by atoms with Crippen molar-refractivity contribution < 1.29 is 9.59 Å². The van der Waals surface area contributed by atoms with Crippen LogP contribution in [0.3, 0.4) is 0 Å². The largest absolute Gasteiger partial charge is 0.340 e. The molecule has 0 atom stereocenters. The van der Waals surface area contributed by atoms with Crippen molar-refractivity contribution in [3.05, 3.63) is 60.2 Å². The van der Waals surface area contributed by atoms with E-state index in [-0.39, 0.29) is 17.7 Å². The molecule has 1 saturated heterocycles. The molecular formula is C23H29N3O2S. The van der Waals surface area contributed by atoms with Crippen LogP contribution < -0.4 is 5.32 Å². The molecule has 1 aliphatic rings. The number of anilines is 1. The summed E-state index contributed by atoms with van der Waals surface area (Å²) < 4.78 is 0. The van der Waals surface area contributed by atoms with Gasteiger partial charge in [0.15, 0.2) is 0 Å². The van der Waals surface area contributed by atoms with Crippen LogP contribution in [-0.2, 0) is 16.1 Å². The summed E-state index contributed by atoms with van der Waals surface area (Å²) in [7, 11) is 1.85. The first-order valence-corrected chi connectivity index (χ1v) is 11.2. The molecule has 1 heterocycles. The second kappa shape index (κ2) is 10.5. The Kier molecular flexibility index (Phi) is 7.72. The van der Waals surface area contributed by atoms with Gasteiger partial charge in [-0.1, -0.05) is 30.3 Å². The normalized spacial score (nSPS) is 15.1. The van der Waals surface area contributed by atoms with Gasteiger partial charge in [-0.3, -0.25) is 14.5 Å². The minimum absolute atomic E-state index is 0.00855. The van der Waals surface area contributed by atoms with Gasteiger partial charge in [0, 0.05) is 30.1 Å². The van der Waals surface area contributed by atoms with Gasteiger partial charge in [0.05, 0.1) is 6.54 Å². The fourth-order valence-electron chi connectivity index (χ4n) is 3.52. The van der Waals surface area contributed by atoms with Crippen molar-refractivity contribution in [3.8, 4) is 0 Å². The summed E-state index contributed by atoms with van der Waals surface area (Å²) in [6.45, 7) is 2.57. The summed E-state index contributed by atoms with van der Waals surface area (Å²) in [5.41, 5.74) is 1.97. The van der Waals surface area contributed by atoms with Crippen molar-refractivity contribution in [1.29, 1.82) is 0 Å². The lowest BCUT2D eigenvalue weighted by molar-refractivity contribution is -0.132. The van der Waals surface area contributed by atoms with Crippen LogP contribution in [0.25, 0.3) is 0 Å². The van der Waals surface area contributed by atoms with E-state index in [1.165, 1.54) is 4.90 Å². The van der Waals surface area contributed by atoms with Crippen molar-refractivity contribution in [3.63, 3.8) is 0 Å². The first kappa shape index (κ1) is 21.4. The van der Waals surface area contributed by atoms with Gasteiger partial charge in [0.25, 0.3) is 0 Å². The van der Waals surface area contributed by atoms with Gasteiger partial charge in [0.1, 0.15) is 0 Å². The average molecular weight is 412 g/mol. The molecular weight excluding hydrogens is 382 g/mol. The molecule has 0 aromatic heterocycles. The number of para-hydroxylation sites is 1. The average Bonchev–Trinajstić information content (AvgIpc) is 2.75. The van der Waals surface area contributed by atoms with Crippen LogP contribution in [0, 0.1) is 5.92 Å². The second-order valence-corrected chi connectivity index (χ2v) is 8.38. The molecule has 2 aromatic rings. The van der Waals surface area contributed by atoms with E-state index in [0.29, 0.717) is 13.1 Å². The standard InChI is InChI=1S/C23H29N3O2S/c1-25(16-18-8-10-21(29-2)11-9-18)22(27)17-26-14-12-19(13-15-26)23(28)24-20-6-4-3-5-7-20/h3-11,19H,12-17H2,1-2H3,(H,24,28). The molecule has 1 fully saturated rings. The molecule has 1 aliphatic heterocycles. The van der Waals surface area contributed by atoms with Gasteiger partial charge in [-0.05, 0) is 62.0 Å². The molecule has 0 bridgehead atoms. The molecule has 5 nitrogen and oxygen atoms in total. The number of hydrogen-bond donors (Lipinski definition) is 1. The number of piperidine rings is 1. The third-order valence-electron chi connectivity index (χ3n) is 5.36. The highest BCUT2D eigenvalue weighted by Gasteiger charge is 2.26. The SMILES string of the molecule is CSc1ccc(CN(C)C(=O)CN2CCC(C(=O)Nc3ccccc3)CC2)cc1. The van der Waals surface area contributed by atoms with E-state index < -0.39 is 0 Å². The Morgan fingerprint density at radius 3 is 2.34 bits per heavy atom. The number of nitrogens with one attached hydrogen (secondary N) is 1. The summed E-state index contributed by atoms with van der Waals surface area (Å²) in [5, 5.41) is 2.99. The number of amides is 2. The highest BCUT2D eigenvalue weighted by Crippen LogP contribution is 2.20. The van der Waals surface area contributed by atoms with Crippen LogP contribution >= 0.6 is 11.8 Å². The number of benzene rings is 2. The number of hydrogen-bond acceptors (Lipinski definition) is 4. The summed E-state index contributed by atoms with van der Waals surface area (Å²) in [6, 6.07) is 17.9. The van der Waals surface area contributed by atoms with Crippen molar-refractivity contribution in [1.82, 2.24) is 9.80 Å². The van der Waals surface area contributed by atoms with Gasteiger partial charge in [-0.25, -0.2) is 0 Å². The predicted octanol–water partition coefficient (Wildman–Crippen LogP) is 3.72. The topological polar surface area (TPSA) is 52.7 Å². The van der Waals surface area contributed by atoms with Gasteiger partial charge in [0.2, 0.25) is 11.8 Å². The summed E-state index contributed by atoms with van der Waals surface area (Å²) in [6.07, 6.45) is 3.62. The van der Waals surface area contributed by atoms with Gasteiger partial charge >= 0.3 is 0 Å². The number of carbonyl (C=O) groups is 2. The van der Waals surface area contributed by atoms with E-state index in [2.05, 4.69) is 40.7 Å². The van der Waals surface area contributed by atoms with Crippen LogP contribution in [-0.4, -0.2) is 54.6 Å².